The van der Waals surface area contributed by atoms with Gasteiger partial charge in [0.15, 0.2) is 11.5 Å². The van der Waals surface area contributed by atoms with Crippen LogP contribution < -0.4 is 19.1 Å². The number of carbonyl (C=O) groups is 2. The summed E-state index contributed by atoms with van der Waals surface area (Å²) in [4.78, 5) is 28.5. The third-order valence-electron chi connectivity index (χ3n) is 6.46. The molecule has 0 aromatic heterocycles. The molecule has 0 spiro atoms. The maximum absolute atomic E-state index is 14.1. The van der Waals surface area contributed by atoms with Crippen molar-refractivity contribution in [1.82, 2.24) is 10.2 Å². The highest BCUT2D eigenvalue weighted by molar-refractivity contribution is 7.92. The smallest absolute Gasteiger partial charge is 0.264 e. The highest BCUT2D eigenvalue weighted by atomic mass is 35.5. The van der Waals surface area contributed by atoms with Crippen molar-refractivity contribution in [2.75, 3.05) is 30.6 Å². The zero-order valence-corrected chi connectivity index (χ0v) is 24.0. The lowest BCUT2D eigenvalue weighted by Gasteiger charge is -2.33. The van der Waals surface area contributed by atoms with Gasteiger partial charge in [-0.2, -0.15) is 0 Å². The van der Waals surface area contributed by atoms with Crippen LogP contribution in [-0.4, -0.2) is 57.5 Å². The van der Waals surface area contributed by atoms with Crippen molar-refractivity contribution < 1.29 is 27.5 Å². The number of sulfonamides is 1. The molecule has 0 fully saturated rings. The largest absolute Gasteiger partial charge is 0.486 e. The lowest BCUT2D eigenvalue weighted by molar-refractivity contribution is -0.140. The molecular formula is C29H32ClN3O6S. The standard InChI is InChI=1S/C29H32ClN3O6S/c1-3-25(29(35)31-4-2)32(19-21-10-8-9-13-24(21)30)28(34)20-33(40(36,37)23-11-6-5-7-12-23)22-14-15-26-27(18-22)39-17-16-38-26/h5-15,18,25H,3-4,16-17,19-20H2,1-2H3,(H,31,35)/t25-/m1/s1. The minimum absolute atomic E-state index is 0.0195. The molecule has 1 aliphatic heterocycles. The first kappa shape index (κ1) is 29.2. The fourth-order valence-corrected chi connectivity index (χ4v) is 6.08. The molecule has 0 aliphatic carbocycles. The van der Waals surface area contributed by atoms with Gasteiger partial charge in [-0.15, -0.1) is 0 Å². The summed E-state index contributed by atoms with van der Waals surface area (Å²) >= 11 is 6.41. The molecule has 40 heavy (non-hydrogen) atoms. The van der Waals surface area contributed by atoms with E-state index in [0.717, 1.165) is 4.31 Å². The van der Waals surface area contributed by atoms with Gasteiger partial charge in [0.25, 0.3) is 10.0 Å². The number of nitrogens with zero attached hydrogens (tertiary/aromatic N) is 2. The van der Waals surface area contributed by atoms with E-state index in [4.69, 9.17) is 21.1 Å². The van der Waals surface area contributed by atoms with E-state index in [-0.39, 0.29) is 23.0 Å². The lowest BCUT2D eigenvalue weighted by atomic mass is 10.1. The number of hydrogen-bond acceptors (Lipinski definition) is 6. The molecule has 3 aromatic carbocycles. The summed E-state index contributed by atoms with van der Waals surface area (Å²) in [5.74, 6) is -0.0261. The Morgan fingerprint density at radius 3 is 2.30 bits per heavy atom. The highest BCUT2D eigenvalue weighted by Crippen LogP contribution is 2.36. The molecule has 0 radical (unpaired) electrons. The van der Waals surface area contributed by atoms with Crippen LogP contribution in [0.25, 0.3) is 0 Å². The van der Waals surface area contributed by atoms with E-state index in [1.165, 1.54) is 17.0 Å². The molecule has 0 bridgehead atoms. The molecule has 4 rings (SSSR count). The summed E-state index contributed by atoms with van der Waals surface area (Å²) < 4.78 is 40.2. The summed E-state index contributed by atoms with van der Waals surface area (Å²) in [6.07, 6.45) is 0.317. The van der Waals surface area contributed by atoms with E-state index in [9.17, 15) is 18.0 Å². The fraction of sp³-hybridized carbons (Fsp3) is 0.310. The summed E-state index contributed by atoms with van der Waals surface area (Å²) in [7, 11) is -4.19. The number of hydrogen-bond donors (Lipinski definition) is 1. The molecule has 11 heteroatoms. The molecular weight excluding hydrogens is 554 g/mol. The van der Waals surface area contributed by atoms with Crippen molar-refractivity contribution in [3.8, 4) is 11.5 Å². The Bertz CT molecular complexity index is 1450. The molecule has 3 aromatic rings. The molecule has 0 saturated carbocycles. The van der Waals surface area contributed by atoms with E-state index in [1.807, 2.05) is 0 Å². The quantitative estimate of drug-likeness (QED) is 0.361. The zero-order valence-electron chi connectivity index (χ0n) is 22.4. The van der Waals surface area contributed by atoms with Crippen LogP contribution in [0.5, 0.6) is 11.5 Å². The first-order valence-corrected chi connectivity index (χ1v) is 14.9. The van der Waals surface area contributed by atoms with Gasteiger partial charge < -0.3 is 19.7 Å². The predicted octanol–water partition coefficient (Wildman–Crippen LogP) is 4.25. The topological polar surface area (TPSA) is 105 Å². The number of likely N-dealkylation sites (N-methyl/N-ethyl adjacent to an activating group) is 1. The number of benzene rings is 3. The predicted molar refractivity (Wildman–Crippen MR) is 153 cm³/mol. The Labute approximate surface area is 239 Å². The third-order valence-corrected chi connectivity index (χ3v) is 8.62. The van der Waals surface area contributed by atoms with Gasteiger partial charge in [-0.3, -0.25) is 13.9 Å². The number of ether oxygens (including phenoxy) is 2. The Morgan fingerprint density at radius 2 is 1.62 bits per heavy atom. The maximum Gasteiger partial charge on any atom is 0.264 e. The van der Waals surface area contributed by atoms with Crippen molar-refractivity contribution in [2.24, 2.45) is 0 Å². The molecule has 9 nitrogen and oxygen atoms in total. The monoisotopic (exact) mass is 585 g/mol. The molecule has 2 amide bonds. The van der Waals surface area contributed by atoms with Crippen LogP contribution in [0.2, 0.25) is 5.02 Å². The summed E-state index contributed by atoms with van der Waals surface area (Å²) in [5, 5.41) is 3.22. The van der Waals surface area contributed by atoms with E-state index >= 15 is 0 Å². The van der Waals surface area contributed by atoms with Gasteiger partial charge in [0, 0.05) is 24.2 Å². The third kappa shape index (κ3) is 6.51. The van der Waals surface area contributed by atoms with Crippen molar-refractivity contribution in [1.29, 1.82) is 0 Å². The van der Waals surface area contributed by atoms with Crippen LogP contribution in [0.1, 0.15) is 25.8 Å². The SMILES string of the molecule is CCNC(=O)[C@@H](CC)N(Cc1ccccc1Cl)C(=O)CN(c1ccc2c(c1)OCCO2)S(=O)(=O)c1ccccc1. The average Bonchev–Trinajstić information content (AvgIpc) is 2.97. The van der Waals surface area contributed by atoms with Crippen LogP contribution in [0, 0.1) is 0 Å². The molecule has 212 valence electrons. The van der Waals surface area contributed by atoms with Crippen molar-refractivity contribution in [2.45, 2.75) is 37.8 Å². The number of carbonyl (C=O) groups excluding carboxylic acids is 2. The van der Waals surface area contributed by atoms with Gasteiger partial charge in [-0.1, -0.05) is 54.9 Å². The molecule has 1 N–H and O–H groups in total. The Morgan fingerprint density at radius 1 is 0.950 bits per heavy atom. The molecule has 1 aliphatic rings. The number of fused-ring (bicyclic) bond motifs is 1. The zero-order chi connectivity index (χ0) is 28.7. The number of halogens is 1. The minimum Gasteiger partial charge on any atom is -0.486 e. The molecule has 0 unspecified atom stereocenters. The van der Waals surface area contributed by atoms with Crippen molar-refractivity contribution in [3.63, 3.8) is 0 Å². The van der Waals surface area contributed by atoms with Crippen molar-refractivity contribution in [3.05, 3.63) is 83.4 Å². The summed E-state index contributed by atoms with van der Waals surface area (Å²) in [6, 6.07) is 18.8. The van der Waals surface area contributed by atoms with E-state index in [0.29, 0.717) is 48.3 Å². The summed E-state index contributed by atoms with van der Waals surface area (Å²) in [6.45, 7) is 4.14. The van der Waals surface area contributed by atoms with Crippen LogP contribution >= 0.6 is 11.6 Å². The van der Waals surface area contributed by atoms with Gasteiger partial charge in [0.05, 0.1) is 10.6 Å². The second kappa shape index (κ2) is 13.1. The van der Waals surface area contributed by atoms with Gasteiger partial charge in [-0.05, 0) is 49.2 Å². The van der Waals surface area contributed by atoms with E-state index < -0.39 is 28.5 Å². The Hall–Kier alpha value is -3.76. The lowest BCUT2D eigenvalue weighted by Crippen LogP contribution is -2.52. The van der Waals surface area contributed by atoms with Crippen LogP contribution in [0.3, 0.4) is 0 Å². The first-order chi connectivity index (χ1) is 19.3. The first-order valence-electron chi connectivity index (χ1n) is 13.0. The normalized spacial score (nSPS) is 13.3. The highest BCUT2D eigenvalue weighted by Gasteiger charge is 2.34. The summed E-state index contributed by atoms with van der Waals surface area (Å²) in [5.41, 5.74) is 0.863. The number of anilines is 1. The van der Waals surface area contributed by atoms with Gasteiger partial charge >= 0.3 is 0 Å². The number of rotatable bonds is 11. The van der Waals surface area contributed by atoms with E-state index in [2.05, 4.69) is 5.32 Å². The van der Waals surface area contributed by atoms with E-state index in [1.54, 1.807) is 74.5 Å². The minimum atomic E-state index is -4.19. The molecule has 1 heterocycles. The Balaban J connectivity index is 1.76. The van der Waals surface area contributed by atoms with Gasteiger partial charge in [0.2, 0.25) is 11.8 Å². The van der Waals surface area contributed by atoms with Crippen LogP contribution in [0.4, 0.5) is 5.69 Å². The number of amides is 2. The van der Waals surface area contributed by atoms with Gasteiger partial charge in [0.1, 0.15) is 25.8 Å². The number of nitrogens with one attached hydrogen (secondary N) is 1. The maximum atomic E-state index is 14.1. The second-order valence-corrected chi connectivity index (χ2v) is 11.4. The van der Waals surface area contributed by atoms with Crippen LogP contribution in [0.15, 0.2) is 77.7 Å². The fourth-order valence-electron chi connectivity index (χ4n) is 4.46. The molecule has 1 atom stereocenters. The van der Waals surface area contributed by atoms with Crippen LogP contribution in [-0.2, 0) is 26.2 Å². The van der Waals surface area contributed by atoms with Crippen molar-refractivity contribution >= 4 is 39.1 Å². The Kier molecular flexibility index (Phi) is 9.54. The molecule has 0 saturated heterocycles. The average molecular weight is 586 g/mol. The second-order valence-electron chi connectivity index (χ2n) is 9.08. The van der Waals surface area contributed by atoms with Gasteiger partial charge in [-0.25, -0.2) is 8.42 Å².